The number of hydrogen-bond acceptors (Lipinski definition) is 1. The molecule has 2 nitrogen and oxygen atoms in total. The van der Waals surface area contributed by atoms with Crippen LogP contribution >= 0.6 is 0 Å². The standard InChI is InChI=1S/C18H18N2/c1-13-9-11-17(12-10-13)20-18(14(2)15(3)19-20)16-7-5-4-6-8-16/h4-12H,1-3H3. The molecule has 0 aliphatic heterocycles. The summed E-state index contributed by atoms with van der Waals surface area (Å²) in [4.78, 5) is 0. The third-order valence-corrected chi connectivity index (χ3v) is 3.69. The summed E-state index contributed by atoms with van der Waals surface area (Å²) in [6.45, 7) is 6.29. The molecular formula is C18H18N2. The molecule has 0 unspecified atom stereocenters. The van der Waals surface area contributed by atoms with Crippen molar-refractivity contribution < 1.29 is 0 Å². The van der Waals surface area contributed by atoms with E-state index in [0.717, 1.165) is 11.4 Å². The van der Waals surface area contributed by atoms with Crippen molar-refractivity contribution in [2.75, 3.05) is 0 Å². The summed E-state index contributed by atoms with van der Waals surface area (Å²) in [7, 11) is 0. The Kier molecular flexibility index (Phi) is 3.15. The molecule has 3 aromatic rings. The summed E-state index contributed by atoms with van der Waals surface area (Å²) in [5, 5.41) is 4.70. The SMILES string of the molecule is Cc1ccc(-n2nc(C)c(C)c2-c2ccccc2)cc1. The molecule has 100 valence electrons. The van der Waals surface area contributed by atoms with E-state index < -0.39 is 0 Å². The lowest BCUT2D eigenvalue weighted by Crippen LogP contribution is -1.99. The maximum atomic E-state index is 4.70. The second kappa shape index (κ2) is 4.97. The maximum absolute atomic E-state index is 4.70. The highest BCUT2D eigenvalue weighted by Crippen LogP contribution is 2.28. The highest BCUT2D eigenvalue weighted by atomic mass is 15.3. The van der Waals surface area contributed by atoms with Gasteiger partial charge in [-0.1, -0.05) is 48.0 Å². The molecule has 0 spiro atoms. The number of benzene rings is 2. The predicted octanol–water partition coefficient (Wildman–Crippen LogP) is 4.46. The first-order chi connectivity index (χ1) is 9.66. The van der Waals surface area contributed by atoms with Crippen LogP contribution in [0, 0.1) is 20.8 Å². The molecule has 20 heavy (non-hydrogen) atoms. The van der Waals surface area contributed by atoms with Crippen LogP contribution in [0.15, 0.2) is 54.6 Å². The van der Waals surface area contributed by atoms with Gasteiger partial charge in [-0.05, 0) is 38.5 Å². The first-order valence-corrected chi connectivity index (χ1v) is 6.85. The molecule has 3 rings (SSSR count). The topological polar surface area (TPSA) is 17.8 Å². The Hall–Kier alpha value is -2.35. The average molecular weight is 262 g/mol. The Bertz CT molecular complexity index is 722. The molecule has 1 heterocycles. The van der Waals surface area contributed by atoms with Crippen LogP contribution in [0.25, 0.3) is 16.9 Å². The van der Waals surface area contributed by atoms with Gasteiger partial charge >= 0.3 is 0 Å². The molecule has 0 N–H and O–H groups in total. The van der Waals surface area contributed by atoms with Gasteiger partial charge in [-0.3, -0.25) is 0 Å². The molecule has 2 aromatic carbocycles. The fourth-order valence-corrected chi connectivity index (χ4v) is 2.41. The third kappa shape index (κ3) is 2.14. The van der Waals surface area contributed by atoms with Crippen LogP contribution in [0.4, 0.5) is 0 Å². The largest absolute Gasteiger partial charge is 0.233 e. The molecule has 0 amide bonds. The third-order valence-electron chi connectivity index (χ3n) is 3.69. The molecule has 0 atom stereocenters. The molecule has 0 radical (unpaired) electrons. The van der Waals surface area contributed by atoms with Gasteiger partial charge < -0.3 is 0 Å². The highest BCUT2D eigenvalue weighted by Gasteiger charge is 2.14. The van der Waals surface area contributed by atoms with E-state index in [9.17, 15) is 0 Å². The van der Waals surface area contributed by atoms with Crippen LogP contribution in [0.1, 0.15) is 16.8 Å². The van der Waals surface area contributed by atoms with Gasteiger partial charge in [-0.2, -0.15) is 5.10 Å². The summed E-state index contributed by atoms with van der Waals surface area (Å²) >= 11 is 0. The minimum atomic E-state index is 1.07. The lowest BCUT2D eigenvalue weighted by Gasteiger charge is -2.09. The van der Waals surface area contributed by atoms with Crippen molar-refractivity contribution >= 4 is 0 Å². The van der Waals surface area contributed by atoms with Crippen molar-refractivity contribution in [1.29, 1.82) is 0 Å². The van der Waals surface area contributed by atoms with Crippen molar-refractivity contribution in [2.24, 2.45) is 0 Å². The van der Waals surface area contributed by atoms with E-state index >= 15 is 0 Å². The van der Waals surface area contributed by atoms with E-state index in [4.69, 9.17) is 5.10 Å². The van der Waals surface area contributed by atoms with Crippen LogP contribution in [-0.4, -0.2) is 9.78 Å². The van der Waals surface area contributed by atoms with Crippen molar-refractivity contribution in [3.8, 4) is 16.9 Å². The normalized spacial score (nSPS) is 10.8. The van der Waals surface area contributed by atoms with Gasteiger partial charge in [0.1, 0.15) is 0 Å². The smallest absolute Gasteiger partial charge is 0.0772 e. The lowest BCUT2D eigenvalue weighted by molar-refractivity contribution is 0.869. The van der Waals surface area contributed by atoms with Crippen LogP contribution in [-0.2, 0) is 0 Å². The van der Waals surface area contributed by atoms with E-state index in [1.807, 2.05) is 10.7 Å². The summed E-state index contributed by atoms with van der Waals surface area (Å²) in [5.74, 6) is 0. The highest BCUT2D eigenvalue weighted by molar-refractivity contribution is 5.66. The molecule has 0 saturated carbocycles. The first-order valence-electron chi connectivity index (χ1n) is 6.85. The summed E-state index contributed by atoms with van der Waals surface area (Å²) in [6, 6.07) is 18.9. The van der Waals surface area contributed by atoms with Gasteiger partial charge in [-0.15, -0.1) is 0 Å². The molecule has 2 heteroatoms. The zero-order valence-electron chi connectivity index (χ0n) is 12.1. The molecule has 0 aliphatic rings. The fraction of sp³-hybridized carbons (Fsp3) is 0.167. The zero-order chi connectivity index (χ0) is 14.1. The summed E-state index contributed by atoms with van der Waals surface area (Å²) < 4.78 is 2.04. The predicted molar refractivity (Wildman–Crippen MR) is 83.2 cm³/mol. The minimum Gasteiger partial charge on any atom is -0.233 e. The lowest BCUT2D eigenvalue weighted by atomic mass is 10.1. The van der Waals surface area contributed by atoms with Crippen LogP contribution < -0.4 is 0 Å². The number of rotatable bonds is 2. The van der Waals surface area contributed by atoms with Gasteiger partial charge in [0.25, 0.3) is 0 Å². The average Bonchev–Trinajstić information content (AvgIpc) is 2.77. The van der Waals surface area contributed by atoms with Crippen LogP contribution in [0.3, 0.4) is 0 Å². The number of aromatic nitrogens is 2. The van der Waals surface area contributed by atoms with E-state index in [1.54, 1.807) is 0 Å². The minimum absolute atomic E-state index is 1.07. The fourth-order valence-electron chi connectivity index (χ4n) is 2.41. The quantitative estimate of drug-likeness (QED) is 0.666. The van der Waals surface area contributed by atoms with Crippen LogP contribution in [0.2, 0.25) is 0 Å². The van der Waals surface area contributed by atoms with E-state index in [-0.39, 0.29) is 0 Å². The summed E-state index contributed by atoms with van der Waals surface area (Å²) in [6.07, 6.45) is 0. The van der Waals surface area contributed by atoms with Gasteiger partial charge in [0.05, 0.1) is 17.1 Å². The molecular weight excluding hydrogens is 244 g/mol. The molecule has 1 aromatic heterocycles. The molecule has 0 saturated heterocycles. The van der Waals surface area contributed by atoms with E-state index in [0.29, 0.717) is 0 Å². The van der Waals surface area contributed by atoms with E-state index in [2.05, 4.69) is 69.3 Å². The van der Waals surface area contributed by atoms with Gasteiger partial charge in [-0.25, -0.2) is 4.68 Å². The van der Waals surface area contributed by atoms with E-state index in [1.165, 1.54) is 22.4 Å². The van der Waals surface area contributed by atoms with Crippen molar-refractivity contribution in [1.82, 2.24) is 9.78 Å². The van der Waals surface area contributed by atoms with Gasteiger partial charge in [0, 0.05) is 5.56 Å². The maximum Gasteiger partial charge on any atom is 0.0772 e. The van der Waals surface area contributed by atoms with Crippen LogP contribution in [0.5, 0.6) is 0 Å². The zero-order valence-corrected chi connectivity index (χ0v) is 12.1. The Balaban J connectivity index is 2.22. The van der Waals surface area contributed by atoms with Gasteiger partial charge in [0.2, 0.25) is 0 Å². The second-order valence-corrected chi connectivity index (χ2v) is 5.17. The van der Waals surface area contributed by atoms with Crippen molar-refractivity contribution in [3.05, 3.63) is 71.4 Å². The first kappa shape index (κ1) is 12.7. The molecule has 0 aliphatic carbocycles. The summed E-state index contributed by atoms with van der Waals surface area (Å²) in [5.41, 5.74) is 7.04. The Morgan fingerprint density at radius 3 is 2.10 bits per heavy atom. The Morgan fingerprint density at radius 1 is 0.800 bits per heavy atom. The van der Waals surface area contributed by atoms with Crippen molar-refractivity contribution in [2.45, 2.75) is 20.8 Å². The van der Waals surface area contributed by atoms with Gasteiger partial charge in [0.15, 0.2) is 0 Å². The Labute approximate surface area is 119 Å². The van der Waals surface area contributed by atoms with Crippen molar-refractivity contribution in [3.63, 3.8) is 0 Å². The monoisotopic (exact) mass is 262 g/mol. The Morgan fingerprint density at radius 2 is 1.45 bits per heavy atom. The number of hydrogen-bond donors (Lipinski definition) is 0. The number of aryl methyl sites for hydroxylation is 2. The molecule has 0 fully saturated rings. The number of nitrogens with zero attached hydrogens (tertiary/aromatic N) is 2. The molecule has 0 bridgehead atoms. The second-order valence-electron chi connectivity index (χ2n) is 5.17.